The van der Waals surface area contributed by atoms with Gasteiger partial charge in [-0.05, 0) is 23.5 Å². The maximum Gasteiger partial charge on any atom is 0.221 e. The van der Waals surface area contributed by atoms with Crippen LogP contribution in [0.1, 0.15) is 40.5 Å². The lowest BCUT2D eigenvalue weighted by Gasteiger charge is -2.35. The topological polar surface area (TPSA) is 41.1 Å². The minimum atomic E-state index is 0.166. The molecule has 106 valence electrons. The average Bonchev–Trinajstić information content (AvgIpc) is 2.25. The molecule has 0 aromatic heterocycles. The van der Waals surface area contributed by atoms with Gasteiger partial charge in [0.25, 0.3) is 0 Å². The van der Waals surface area contributed by atoms with Gasteiger partial charge in [0.2, 0.25) is 5.91 Å². The first-order chi connectivity index (χ1) is 8.39. The summed E-state index contributed by atoms with van der Waals surface area (Å²) in [6.45, 7) is 10.4. The van der Waals surface area contributed by atoms with Crippen molar-refractivity contribution >= 4 is 17.7 Å². The molecule has 1 aliphatic rings. The number of hydrogen-bond acceptors (Lipinski definition) is 3. The Morgan fingerprint density at radius 3 is 2.78 bits per heavy atom. The highest BCUT2D eigenvalue weighted by atomic mass is 32.2. The van der Waals surface area contributed by atoms with Crippen LogP contribution in [0.2, 0.25) is 0 Å². The Labute approximate surface area is 116 Å². The molecule has 1 amide bonds. The fourth-order valence-corrected chi connectivity index (χ4v) is 3.50. The van der Waals surface area contributed by atoms with Crippen molar-refractivity contribution < 1.29 is 4.79 Å². The average molecular weight is 272 g/mol. The van der Waals surface area contributed by atoms with Gasteiger partial charge in [0, 0.05) is 31.3 Å². The summed E-state index contributed by atoms with van der Waals surface area (Å²) in [6, 6.07) is 0.566. The van der Waals surface area contributed by atoms with E-state index in [0.717, 1.165) is 13.1 Å². The Bertz CT molecular complexity index is 267. The molecule has 1 aliphatic heterocycles. The van der Waals surface area contributed by atoms with Gasteiger partial charge < -0.3 is 10.6 Å². The van der Waals surface area contributed by atoms with Gasteiger partial charge in [0.05, 0.1) is 0 Å². The molecule has 1 fully saturated rings. The van der Waals surface area contributed by atoms with Crippen molar-refractivity contribution in [3.63, 3.8) is 0 Å². The van der Waals surface area contributed by atoms with E-state index in [2.05, 4.69) is 38.3 Å². The van der Waals surface area contributed by atoms with Crippen LogP contribution >= 0.6 is 11.8 Å². The van der Waals surface area contributed by atoms with Crippen LogP contribution in [0.25, 0.3) is 0 Å². The lowest BCUT2D eigenvalue weighted by molar-refractivity contribution is -0.121. The summed E-state index contributed by atoms with van der Waals surface area (Å²) in [5.41, 5.74) is 0.431. The zero-order valence-corrected chi connectivity index (χ0v) is 13.0. The van der Waals surface area contributed by atoms with E-state index in [4.69, 9.17) is 0 Å². The molecular formula is C14H28N2OS. The van der Waals surface area contributed by atoms with E-state index >= 15 is 0 Å². The van der Waals surface area contributed by atoms with Crippen LogP contribution in [0.4, 0.5) is 0 Å². The molecule has 4 heteroatoms. The predicted molar refractivity (Wildman–Crippen MR) is 80.0 cm³/mol. The van der Waals surface area contributed by atoms with Crippen LogP contribution in [0.15, 0.2) is 0 Å². The van der Waals surface area contributed by atoms with Crippen molar-refractivity contribution in [2.24, 2.45) is 11.3 Å². The van der Waals surface area contributed by atoms with Crippen LogP contribution in [-0.2, 0) is 4.79 Å². The summed E-state index contributed by atoms with van der Waals surface area (Å²) in [5, 5.41) is 6.47. The molecule has 2 N–H and O–H groups in total. The van der Waals surface area contributed by atoms with E-state index in [0.29, 0.717) is 23.8 Å². The van der Waals surface area contributed by atoms with E-state index in [-0.39, 0.29) is 5.91 Å². The SMILES string of the molecule is CC(C)CNC(=O)CCNC1CSCC(C)(C)C1. The second-order valence-corrected chi connectivity index (χ2v) is 7.51. The molecule has 0 aromatic rings. The summed E-state index contributed by atoms with van der Waals surface area (Å²) in [5.74, 6) is 3.12. The van der Waals surface area contributed by atoms with E-state index in [1.165, 1.54) is 17.9 Å². The molecule has 0 aromatic carbocycles. The number of carbonyl (C=O) groups excluding carboxylic acids is 1. The van der Waals surface area contributed by atoms with Crippen molar-refractivity contribution in [2.45, 2.75) is 46.6 Å². The standard InChI is InChI=1S/C14H28N2OS/c1-11(2)8-16-13(17)5-6-15-12-7-14(3,4)10-18-9-12/h11-12,15H,5-10H2,1-4H3,(H,16,17). The molecular weight excluding hydrogens is 244 g/mol. The van der Waals surface area contributed by atoms with Crippen LogP contribution in [0.3, 0.4) is 0 Å². The van der Waals surface area contributed by atoms with Crippen LogP contribution in [0.5, 0.6) is 0 Å². The fraction of sp³-hybridized carbons (Fsp3) is 0.929. The van der Waals surface area contributed by atoms with Gasteiger partial charge in [0.15, 0.2) is 0 Å². The second-order valence-electron chi connectivity index (χ2n) is 6.48. The van der Waals surface area contributed by atoms with Crippen molar-refractivity contribution in [1.29, 1.82) is 0 Å². The maximum atomic E-state index is 11.6. The molecule has 3 nitrogen and oxygen atoms in total. The van der Waals surface area contributed by atoms with Crippen LogP contribution in [-0.4, -0.2) is 36.5 Å². The monoisotopic (exact) mass is 272 g/mol. The Morgan fingerprint density at radius 1 is 1.44 bits per heavy atom. The van der Waals surface area contributed by atoms with Gasteiger partial charge in [-0.3, -0.25) is 4.79 Å². The highest BCUT2D eigenvalue weighted by molar-refractivity contribution is 7.99. The summed E-state index contributed by atoms with van der Waals surface area (Å²) in [6.07, 6.45) is 1.81. The van der Waals surface area contributed by atoms with E-state index < -0.39 is 0 Å². The van der Waals surface area contributed by atoms with Gasteiger partial charge in [0.1, 0.15) is 0 Å². The van der Waals surface area contributed by atoms with E-state index in [1.54, 1.807) is 0 Å². The molecule has 0 saturated carbocycles. The van der Waals surface area contributed by atoms with Crippen molar-refractivity contribution in [2.75, 3.05) is 24.6 Å². The Hall–Kier alpha value is -0.220. The normalized spacial score (nSPS) is 23.1. The van der Waals surface area contributed by atoms with Gasteiger partial charge in [-0.1, -0.05) is 27.7 Å². The number of hydrogen-bond donors (Lipinski definition) is 2. The minimum Gasteiger partial charge on any atom is -0.356 e. The third kappa shape index (κ3) is 6.64. The third-order valence-corrected chi connectivity index (χ3v) is 4.73. The zero-order valence-electron chi connectivity index (χ0n) is 12.2. The van der Waals surface area contributed by atoms with Gasteiger partial charge in [-0.15, -0.1) is 0 Å². The summed E-state index contributed by atoms with van der Waals surface area (Å²) < 4.78 is 0. The Kier molecular flexibility index (Phi) is 6.50. The molecule has 1 atom stereocenters. The Balaban J connectivity index is 2.12. The molecule has 0 aliphatic carbocycles. The zero-order chi connectivity index (χ0) is 13.6. The number of amides is 1. The first kappa shape index (κ1) is 15.8. The quantitative estimate of drug-likeness (QED) is 0.779. The number of carbonyl (C=O) groups is 1. The predicted octanol–water partition coefficient (Wildman–Crippen LogP) is 2.27. The Morgan fingerprint density at radius 2 is 2.17 bits per heavy atom. The second kappa shape index (κ2) is 7.39. The smallest absolute Gasteiger partial charge is 0.221 e. The molecule has 1 unspecified atom stereocenters. The van der Waals surface area contributed by atoms with Gasteiger partial charge in [-0.25, -0.2) is 0 Å². The molecule has 18 heavy (non-hydrogen) atoms. The van der Waals surface area contributed by atoms with Crippen molar-refractivity contribution in [1.82, 2.24) is 10.6 Å². The van der Waals surface area contributed by atoms with Crippen molar-refractivity contribution in [3.8, 4) is 0 Å². The number of nitrogens with one attached hydrogen (secondary N) is 2. The highest BCUT2D eigenvalue weighted by Gasteiger charge is 2.27. The summed E-state index contributed by atoms with van der Waals surface area (Å²) in [7, 11) is 0. The van der Waals surface area contributed by atoms with Crippen molar-refractivity contribution in [3.05, 3.63) is 0 Å². The molecule has 1 saturated heterocycles. The minimum absolute atomic E-state index is 0.166. The summed E-state index contributed by atoms with van der Waals surface area (Å²) in [4.78, 5) is 11.6. The van der Waals surface area contributed by atoms with E-state index in [9.17, 15) is 4.79 Å². The molecule has 0 spiro atoms. The highest BCUT2D eigenvalue weighted by Crippen LogP contribution is 2.33. The first-order valence-electron chi connectivity index (χ1n) is 6.97. The van der Waals surface area contributed by atoms with Gasteiger partial charge >= 0.3 is 0 Å². The number of rotatable bonds is 6. The molecule has 1 heterocycles. The summed E-state index contributed by atoms with van der Waals surface area (Å²) >= 11 is 2.02. The molecule has 1 rings (SSSR count). The molecule has 0 bridgehead atoms. The molecule has 0 radical (unpaired) electrons. The van der Waals surface area contributed by atoms with Gasteiger partial charge in [-0.2, -0.15) is 11.8 Å². The number of thioether (sulfide) groups is 1. The third-order valence-electron chi connectivity index (χ3n) is 3.10. The maximum absolute atomic E-state index is 11.6. The lowest BCUT2D eigenvalue weighted by Crippen LogP contribution is -2.41. The lowest BCUT2D eigenvalue weighted by atomic mass is 9.88. The van der Waals surface area contributed by atoms with Crippen LogP contribution < -0.4 is 10.6 Å². The first-order valence-corrected chi connectivity index (χ1v) is 8.12. The fourth-order valence-electron chi connectivity index (χ4n) is 2.19. The van der Waals surface area contributed by atoms with Crippen LogP contribution in [0, 0.1) is 11.3 Å². The van der Waals surface area contributed by atoms with E-state index in [1.807, 2.05) is 11.8 Å². The largest absolute Gasteiger partial charge is 0.356 e.